The van der Waals surface area contributed by atoms with E-state index in [1.807, 2.05) is 37.4 Å². The Labute approximate surface area is 182 Å². The Kier molecular flexibility index (Phi) is 9.05. The molecule has 1 aliphatic rings. The molecule has 1 N–H and O–H groups in total. The lowest BCUT2D eigenvalue weighted by Crippen LogP contribution is -2.53. The maximum atomic E-state index is 5.72. The minimum atomic E-state index is 0. The number of para-hydroxylation sites is 1. The maximum absolute atomic E-state index is 5.72. The quantitative estimate of drug-likeness (QED) is 0.284. The number of aromatic nitrogens is 2. The Morgan fingerprint density at radius 3 is 2.59 bits per heavy atom. The highest BCUT2D eigenvalue weighted by molar-refractivity contribution is 14.0. The molecular formula is C18H27IN6OS. The van der Waals surface area contributed by atoms with E-state index in [0.717, 1.165) is 61.8 Å². The van der Waals surface area contributed by atoms with E-state index >= 15 is 0 Å². The summed E-state index contributed by atoms with van der Waals surface area (Å²) in [7, 11) is 1.82. The van der Waals surface area contributed by atoms with E-state index in [1.165, 1.54) is 11.5 Å². The van der Waals surface area contributed by atoms with Gasteiger partial charge in [-0.05, 0) is 12.1 Å². The molecule has 0 amide bonds. The van der Waals surface area contributed by atoms with E-state index < -0.39 is 0 Å². The van der Waals surface area contributed by atoms with Crippen molar-refractivity contribution in [3.63, 3.8) is 0 Å². The smallest absolute Gasteiger partial charge is 0.205 e. The Bertz CT molecular complexity index is 703. The van der Waals surface area contributed by atoms with Gasteiger partial charge in [-0.1, -0.05) is 25.1 Å². The fourth-order valence-electron chi connectivity index (χ4n) is 2.81. The van der Waals surface area contributed by atoms with Crippen molar-refractivity contribution in [2.45, 2.75) is 13.3 Å². The molecule has 27 heavy (non-hydrogen) atoms. The molecule has 1 saturated heterocycles. The Morgan fingerprint density at radius 1 is 1.22 bits per heavy atom. The number of hydrogen-bond donors (Lipinski definition) is 1. The van der Waals surface area contributed by atoms with Crippen molar-refractivity contribution >= 4 is 46.6 Å². The average molecular weight is 502 g/mol. The normalized spacial score (nSPS) is 14.7. The summed E-state index contributed by atoms with van der Waals surface area (Å²) in [6.45, 7) is 7.10. The van der Waals surface area contributed by atoms with E-state index in [0.29, 0.717) is 6.61 Å². The first-order valence-electron chi connectivity index (χ1n) is 9.01. The van der Waals surface area contributed by atoms with Gasteiger partial charge >= 0.3 is 0 Å². The molecular weight excluding hydrogens is 475 g/mol. The molecule has 0 spiro atoms. The summed E-state index contributed by atoms with van der Waals surface area (Å²) < 4.78 is 10.1. The summed E-state index contributed by atoms with van der Waals surface area (Å²) in [5.41, 5.74) is 0. The highest BCUT2D eigenvalue weighted by atomic mass is 127. The SMILES string of the molecule is CCc1nsc(N2CCN(C(=NC)NCCOc3ccccc3)CC2)n1.I. The highest BCUT2D eigenvalue weighted by Crippen LogP contribution is 2.19. The zero-order valence-corrected chi connectivity index (χ0v) is 18.9. The zero-order chi connectivity index (χ0) is 18.2. The van der Waals surface area contributed by atoms with Crippen molar-refractivity contribution in [3.8, 4) is 5.75 Å². The van der Waals surface area contributed by atoms with Crippen LogP contribution in [0.15, 0.2) is 35.3 Å². The van der Waals surface area contributed by atoms with Crippen LogP contribution in [-0.2, 0) is 6.42 Å². The largest absolute Gasteiger partial charge is 0.492 e. The van der Waals surface area contributed by atoms with Crippen molar-refractivity contribution in [2.24, 2.45) is 4.99 Å². The second-order valence-electron chi connectivity index (χ2n) is 5.96. The molecule has 3 rings (SSSR count). The van der Waals surface area contributed by atoms with Crippen LogP contribution in [-0.4, -0.2) is 66.6 Å². The van der Waals surface area contributed by atoms with Gasteiger partial charge in [-0.25, -0.2) is 4.98 Å². The fourth-order valence-corrected chi connectivity index (χ4v) is 3.61. The molecule has 1 fully saturated rings. The van der Waals surface area contributed by atoms with Gasteiger partial charge in [-0.3, -0.25) is 4.99 Å². The predicted octanol–water partition coefficient (Wildman–Crippen LogP) is 2.49. The number of benzene rings is 1. The second kappa shape index (κ2) is 11.3. The number of anilines is 1. The summed E-state index contributed by atoms with van der Waals surface area (Å²) in [5.74, 6) is 2.75. The number of ether oxygens (including phenoxy) is 1. The molecule has 2 aromatic rings. The van der Waals surface area contributed by atoms with Gasteiger partial charge in [0, 0.05) is 51.2 Å². The molecule has 0 radical (unpaired) electrons. The number of aryl methyl sites for hydroxylation is 1. The van der Waals surface area contributed by atoms with Crippen molar-refractivity contribution in [2.75, 3.05) is 51.3 Å². The van der Waals surface area contributed by atoms with Gasteiger partial charge in [0.15, 0.2) is 5.96 Å². The number of guanidine groups is 1. The summed E-state index contributed by atoms with van der Waals surface area (Å²) >= 11 is 1.49. The van der Waals surface area contributed by atoms with Gasteiger partial charge in [0.05, 0.1) is 6.54 Å². The van der Waals surface area contributed by atoms with E-state index in [1.54, 1.807) is 0 Å². The Morgan fingerprint density at radius 2 is 1.96 bits per heavy atom. The molecule has 0 saturated carbocycles. The zero-order valence-electron chi connectivity index (χ0n) is 15.8. The minimum Gasteiger partial charge on any atom is -0.492 e. The predicted molar refractivity (Wildman–Crippen MR) is 122 cm³/mol. The highest BCUT2D eigenvalue weighted by Gasteiger charge is 2.21. The van der Waals surface area contributed by atoms with Gasteiger partial charge in [-0.2, -0.15) is 4.37 Å². The van der Waals surface area contributed by atoms with Gasteiger partial charge in [-0.15, -0.1) is 24.0 Å². The molecule has 0 bridgehead atoms. The number of rotatable bonds is 6. The van der Waals surface area contributed by atoms with Crippen molar-refractivity contribution < 1.29 is 4.74 Å². The van der Waals surface area contributed by atoms with Crippen LogP contribution in [0.2, 0.25) is 0 Å². The number of nitrogens with one attached hydrogen (secondary N) is 1. The molecule has 0 atom stereocenters. The summed E-state index contributed by atoms with van der Waals surface area (Å²) in [5, 5.41) is 4.41. The summed E-state index contributed by atoms with van der Waals surface area (Å²) in [6, 6.07) is 9.86. The standard InChI is InChI=1S/C18H26N6OS.HI/c1-3-16-21-18(26-22-16)24-12-10-23(11-13-24)17(19-2)20-9-14-25-15-7-5-4-6-8-15;/h4-8H,3,9-14H2,1-2H3,(H,19,20);1H. The molecule has 0 unspecified atom stereocenters. The lowest BCUT2D eigenvalue weighted by atomic mass is 10.3. The first-order chi connectivity index (χ1) is 12.8. The van der Waals surface area contributed by atoms with Gasteiger partial charge in [0.25, 0.3) is 0 Å². The van der Waals surface area contributed by atoms with E-state index in [2.05, 4.69) is 36.4 Å². The topological polar surface area (TPSA) is 65.9 Å². The summed E-state index contributed by atoms with van der Waals surface area (Å²) in [6.07, 6.45) is 0.887. The second-order valence-corrected chi connectivity index (χ2v) is 6.69. The van der Waals surface area contributed by atoms with Crippen LogP contribution in [0, 0.1) is 0 Å². The van der Waals surface area contributed by atoms with Crippen LogP contribution >= 0.6 is 35.5 Å². The Balaban J connectivity index is 0.00000261. The molecule has 1 aliphatic heterocycles. The number of nitrogens with zero attached hydrogens (tertiary/aromatic N) is 5. The van der Waals surface area contributed by atoms with Crippen LogP contribution in [0.4, 0.5) is 5.13 Å². The van der Waals surface area contributed by atoms with Crippen LogP contribution in [0.5, 0.6) is 5.75 Å². The summed E-state index contributed by atoms with van der Waals surface area (Å²) in [4.78, 5) is 13.6. The molecule has 7 nitrogen and oxygen atoms in total. The number of halogens is 1. The van der Waals surface area contributed by atoms with Crippen LogP contribution in [0.25, 0.3) is 0 Å². The van der Waals surface area contributed by atoms with Crippen LogP contribution < -0.4 is 15.0 Å². The third kappa shape index (κ3) is 6.20. The molecule has 1 aromatic carbocycles. The van der Waals surface area contributed by atoms with Crippen LogP contribution in [0.3, 0.4) is 0 Å². The number of hydrogen-bond acceptors (Lipinski definition) is 6. The first-order valence-corrected chi connectivity index (χ1v) is 9.78. The molecule has 2 heterocycles. The number of aliphatic imine (C=N–C) groups is 1. The Hall–Kier alpha value is -1.62. The third-order valence-corrected chi connectivity index (χ3v) is 5.05. The van der Waals surface area contributed by atoms with Crippen molar-refractivity contribution in [1.29, 1.82) is 0 Å². The lowest BCUT2D eigenvalue weighted by molar-refractivity contribution is 0.315. The van der Waals surface area contributed by atoms with E-state index in [-0.39, 0.29) is 24.0 Å². The molecule has 9 heteroatoms. The molecule has 148 valence electrons. The van der Waals surface area contributed by atoms with E-state index in [4.69, 9.17) is 4.74 Å². The lowest BCUT2D eigenvalue weighted by Gasteiger charge is -2.36. The molecule has 0 aliphatic carbocycles. The van der Waals surface area contributed by atoms with Crippen molar-refractivity contribution in [3.05, 3.63) is 36.2 Å². The third-order valence-electron chi connectivity index (χ3n) is 4.23. The van der Waals surface area contributed by atoms with Gasteiger partial charge in [0.2, 0.25) is 5.13 Å². The maximum Gasteiger partial charge on any atom is 0.205 e. The molecule has 1 aromatic heterocycles. The average Bonchev–Trinajstić information content (AvgIpc) is 3.18. The number of piperazine rings is 1. The monoisotopic (exact) mass is 502 g/mol. The fraction of sp³-hybridized carbons (Fsp3) is 0.500. The van der Waals surface area contributed by atoms with E-state index in [9.17, 15) is 0 Å². The van der Waals surface area contributed by atoms with Gasteiger partial charge in [0.1, 0.15) is 18.2 Å². The van der Waals surface area contributed by atoms with Crippen LogP contribution in [0.1, 0.15) is 12.7 Å². The minimum absolute atomic E-state index is 0. The first kappa shape index (κ1) is 21.7. The van der Waals surface area contributed by atoms with Crippen molar-refractivity contribution in [1.82, 2.24) is 19.6 Å². The van der Waals surface area contributed by atoms with Gasteiger partial charge < -0.3 is 19.9 Å².